The first kappa shape index (κ1) is 15.9. The molecule has 5 nitrogen and oxygen atoms in total. The van der Waals surface area contributed by atoms with Crippen molar-refractivity contribution in [3.05, 3.63) is 35.4 Å². The Hall–Kier alpha value is -1.43. The summed E-state index contributed by atoms with van der Waals surface area (Å²) in [5.41, 5.74) is 2.18. The van der Waals surface area contributed by atoms with Crippen LogP contribution in [0.2, 0.25) is 0 Å². The van der Waals surface area contributed by atoms with Crippen LogP contribution in [0.3, 0.4) is 0 Å². The van der Waals surface area contributed by atoms with Crippen molar-refractivity contribution in [1.29, 1.82) is 0 Å². The minimum absolute atomic E-state index is 0.0483. The molecule has 1 fully saturated rings. The molecule has 1 unspecified atom stereocenters. The third-order valence-corrected chi connectivity index (χ3v) is 4.02. The normalized spacial score (nSPS) is 18.6. The first-order valence-electron chi connectivity index (χ1n) is 7.32. The quantitative estimate of drug-likeness (QED) is 0.863. The summed E-state index contributed by atoms with van der Waals surface area (Å²) in [5.74, 6) is -0.750. The molecule has 0 saturated carbocycles. The van der Waals surface area contributed by atoms with Crippen LogP contribution in [-0.4, -0.2) is 61.2 Å². The summed E-state index contributed by atoms with van der Waals surface area (Å²) in [5, 5.41) is 9.21. The number of hydrogen-bond donors (Lipinski definition) is 1. The number of rotatable bonds is 6. The third kappa shape index (κ3) is 4.52. The minimum atomic E-state index is -0.750. The maximum absolute atomic E-state index is 11.2. The van der Waals surface area contributed by atoms with Gasteiger partial charge in [0.05, 0.1) is 13.0 Å². The topological polar surface area (TPSA) is 53.0 Å². The predicted octanol–water partition coefficient (Wildman–Crippen LogP) is 1.60. The third-order valence-electron chi connectivity index (χ3n) is 4.02. The first-order chi connectivity index (χ1) is 10.1. The van der Waals surface area contributed by atoms with Crippen LogP contribution in [0.1, 0.15) is 23.6 Å². The molecule has 1 N–H and O–H groups in total. The molecule has 0 radical (unpaired) electrons. The highest BCUT2D eigenvalue weighted by molar-refractivity contribution is 5.68. The van der Waals surface area contributed by atoms with E-state index in [1.165, 1.54) is 0 Å². The molecule has 1 saturated heterocycles. The Kier molecular flexibility index (Phi) is 5.73. The Balaban J connectivity index is 2.13. The Morgan fingerprint density at radius 1 is 1.24 bits per heavy atom. The number of ether oxygens (including phenoxy) is 1. The lowest BCUT2D eigenvalue weighted by Gasteiger charge is -2.37. The van der Waals surface area contributed by atoms with Gasteiger partial charge in [0.15, 0.2) is 0 Å². The lowest BCUT2D eigenvalue weighted by molar-refractivity contribution is -0.138. The lowest BCUT2D eigenvalue weighted by atomic mass is 10.00. The molecule has 1 heterocycles. The van der Waals surface area contributed by atoms with Crippen LogP contribution in [-0.2, 0) is 16.1 Å². The monoisotopic (exact) mass is 292 g/mol. The lowest BCUT2D eigenvalue weighted by Crippen LogP contribution is -2.46. The fourth-order valence-corrected chi connectivity index (χ4v) is 2.76. The second-order valence-corrected chi connectivity index (χ2v) is 5.63. The fraction of sp³-hybridized carbons (Fsp3) is 0.562. The molecule has 0 aromatic heterocycles. The zero-order chi connectivity index (χ0) is 15.2. The predicted molar refractivity (Wildman–Crippen MR) is 81.2 cm³/mol. The van der Waals surface area contributed by atoms with Gasteiger partial charge in [-0.3, -0.25) is 9.69 Å². The second-order valence-electron chi connectivity index (χ2n) is 5.63. The van der Waals surface area contributed by atoms with E-state index in [0.29, 0.717) is 6.61 Å². The molecule has 1 aliphatic heterocycles. The first-order valence-corrected chi connectivity index (χ1v) is 7.32. The highest BCUT2D eigenvalue weighted by Crippen LogP contribution is 2.26. The summed E-state index contributed by atoms with van der Waals surface area (Å²) in [6.45, 7) is 4.37. The van der Waals surface area contributed by atoms with Crippen LogP contribution in [0.25, 0.3) is 0 Å². The molecular formula is C16H24N2O3. The van der Waals surface area contributed by atoms with E-state index in [2.05, 4.69) is 16.8 Å². The number of carbonyl (C=O) groups is 1. The molecule has 2 rings (SSSR count). The van der Waals surface area contributed by atoms with Gasteiger partial charge in [-0.25, -0.2) is 0 Å². The molecule has 5 heteroatoms. The fourth-order valence-electron chi connectivity index (χ4n) is 2.76. The summed E-state index contributed by atoms with van der Waals surface area (Å²) < 4.78 is 5.11. The SMILES string of the molecule is COCc1ccc(C(CC(=O)O)N2CCN(C)CC2)cc1. The number of piperazine rings is 1. The molecule has 1 aromatic carbocycles. The van der Waals surface area contributed by atoms with Gasteiger partial charge < -0.3 is 14.7 Å². The Morgan fingerprint density at radius 2 is 1.86 bits per heavy atom. The second kappa shape index (κ2) is 7.54. The molecule has 0 spiro atoms. The van der Waals surface area contributed by atoms with Crippen molar-refractivity contribution in [2.24, 2.45) is 0 Å². The van der Waals surface area contributed by atoms with Crippen LogP contribution in [0.5, 0.6) is 0 Å². The van der Waals surface area contributed by atoms with E-state index >= 15 is 0 Å². The molecule has 1 aromatic rings. The largest absolute Gasteiger partial charge is 0.481 e. The zero-order valence-corrected chi connectivity index (χ0v) is 12.8. The Morgan fingerprint density at radius 3 is 2.38 bits per heavy atom. The number of likely N-dealkylation sites (N-methyl/N-ethyl adjacent to an activating group) is 1. The molecule has 0 amide bonds. The van der Waals surface area contributed by atoms with Gasteiger partial charge in [-0.05, 0) is 18.2 Å². The molecule has 1 atom stereocenters. The van der Waals surface area contributed by atoms with Crippen molar-refractivity contribution < 1.29 is 14.6 Å². The van der Waals surface area contributed by atoms with Crippen LogP contribution < -0.4 is 0 Å². The van der Waals surface area contributed by atoms with Crippen LogP contribution in [0, 0.1) is 0 Å². The van der Waals surface area contributed by atoms with E-state index in [0.717, 1.165) is 37.3 Å². The van der Waals surface area contributed by atoms with Gasteiger partial charge in [0.25, 0.3) is 0 Å². The number of hydrogen-bond acceptors (Lipinski definition) is 4. The minimum Gasteiger partial charge on any atom is -0.481 e. The van der Waals surface area contributed by atoms with Crippen molar-refractivity contribution >= 4 is 5.97 Å². The number of carboxylic acids is 1. The van der Waals surface area contributed by atoms with Gasteiger partial charge in [0, 0.05) is 39.3 Å². The van der Waals surface area contributed by atoms with Crippen molar-refractivity contribution in [3.8, 4) is 0 Å². The average Bonchev–Trinajstić information content (AvgIpc) is 2.47. The Bertz CT molecular complexity index is 453. The summed E-state index contributed by atoms with van der Waals surface area (Å²) in [7, 11) is 3.77. The molecule has 0 bridgehead atoms. The van der Waals surface area contributed by atoms with Gasteiger partial charge in [0.2, 0.25) is 0 Å². The van der Waals surface area contributed by atoms with E-state index in [4.69, 9.17) is 4.74 Å². The van der Waals surface area contributed by atoms with Crippen LogP contribution in [0.4, 0.5) is 0 Å². The Labute approximate surface area is 126 Å². The highest BCUT2D eigenvalue weighted by atomic mass is 16.5. The van der Waals surface area contributed by atoms with Gasteiger partial charge in [-0.1, -0.05) is 24.3 Å². The average molecular weight is 292 g/mol. The molecule has 21 heavy (non-hydrogen) atoms. The van der Waals surface area contributed by atoms with Crippen LogP contribution in [0.15, 0.2) is 24.3 Å². The number of nitrogens with zero attached hydrogens (tertiary/aromatic N) is 2. The van der Waals surface area contributed by atoms with E-state index < -0.39 is 5.97 Å². The highest BCUT2D eigenvalue weighted by Gasteiger charge is 2.25. The molecule has 116 valence electrons. The van der Waals surface area contributed by atoms with E-state index in [1.54, 1.807) is 7.11 Å². The van der Waals surface area contributed by atoms with E-state index in [1.807, 2.05) is 24.3 Å². The van der Waals surface area contributed by atoms with Crippen molar-refractivity contribution in [2.75, 3.05) is 40.3 Å². The van der Waals surface area contributed by atoms with Gasteiger partial charge in [-0.2, -0.15) is 0 Å². The summed E-state index contributed by atoms with van der Waals surface area (Å²) in [4.78, 5) is 15.8. The number of methoxy groups -OCH3 is 1. The summed E-state index contributed by atoms with van der Waals surface area (Å²) >= 11 is 0. The molecule has 1 aliphatic rings. The van der Waals surface area contributed by atoms with Gasteiger partial charge in [-0.15, -0.1) is 0 Å². The summed E-state index contributed by atoms with van der Waals surface area (Å²) in [6, 6.07) is 8.04. The number of benzene rings is 1. The number of carboxylic acid groups (broad SMARTS) is 1. The van der Waals surface area contributed by atoms with Crippen molar-refractivity contribution in [2.45, 2.75) is 19.1 Å². The van der Waals surface area contributed by atoms with Crippen molar-refractivity contribution in [1.82, 2.24) is 9.80 Å². The zero-order valence-electron chi connectivity index (χ0n) is 12.8. The smallest absolute Gasteiger partial charge is 0.305 e. The maximum atomic E-state index is 11.2. The standard InChI is InChI=1S/C16H24N2O3/c1-17-7-9-18(10-8-17)15(11-16(19)20)14-5-3-13(4-6-14)12-21-2/h3-6,15H,7-12H2,1-2H3,(H,19,20). The van der Waals surface area contributed by atoms with E-state index in [-0.39, 0.29) is 12.5 Å². The molecule has 0 aliphatic carbocycles. The summed E-state index contributed by atoms with van der Waals surface area (Å²) in [6.07, 6.45) is 0.146. The van der Waals surface area contributed by atoms with Gasteiger partial charge >= 0.3 is 5.97 Å². The van der Waals surface area contributed by atoms with Crippen molar-refractivity contribution in [3.63, 3.8) is 0 Å². The van der Waals surface area contributed by atoms with Gasteiger partial charge in [0.1, 0.15) is 0 Å². The number of aliphatic carboxylic acids is 1. The molecular weight excluding hydrogens is 268 g/mol. The van der Waals surface area contributed by atoms with Crippen LogP contribution >= 0.6 is 0 Å². The maximum Gasteiger partial charge on any atom is 0.305 e. The van der Waals surface area contributed by atoms with E-state index in [9.17, 15) is 9.90 Å².